The summed E-state index contributed by atoms with van der Waals surface area (Å²) in [6.07, 6.45) is 6.38. The van der Waals surface area contributed by atoms with Gasteiger partial charge in [0.2, 0.25) is 0 Å². The molecule has 106 valence electrons. The molecule has 0 spiro atoms. The van der Waals surface area contributed by atoms with E-state index in [4.69, 9.17) is 5.73 Å². The van der Waals surface area contributed by atoms with E-state index >= 15 is 0 Å². The normalized spacial score (nSPS) is 16.5. The third kappa shape index (κ3) is 2.46. The number of anilines is 1. The molecule has 0 atom stereocenters. The van der Waals surface area contributed by atoms with Gasteiger partial charge in [0.25, 0.3) is 0 Å². The summed E-state index contributed by atoms with van der Waals surface area (Å²) in [6, 6.07) is 6.51. The number of benzene rings is 1. The van der Waals surface area contributed by atoms with Crippen LogP contribution in [0.3, 0.4) is 0 Å². The van der Waals surface area contributed by atoms with Gasteiger partial charge in [-0.25, -0.2) is 0 Å². The van der Waals surface area contributed by atoms with Crippen LogP contribution in [0.5, 0.6) is 0 Å². The van der Waals surface area contributed by atoms with Crippen LogP contribution >= 0.6 is 15.9 Å². The average Bonchev–Trinajstić information content (AvgIpc) is 2.85. The first-order valence-electron chi connectivity index (χ1n) is 7.13. The van der Waals surface area contributed by atoms with Gasteiger partial charge >= 0.3 is 0 Å². The number of aryl methyl sites for hydroxylation is 1. The van der Waals surface area contributed by atoms with Crippen molar-refractivity contribution in [1.82, 2.24) is 14.8 Å². The smallest absolute Gasteiger partial charge is 0.164 e. The van der Waals surface area contributed by atoms with Crippen molar-refractivity contribution in [2.24, 2.45) is 0 Å². The molecule has 0 bridgehead atoms. The number of hydrogen-bond donors (Lipinski definition) is 1. The molecule has 2 aromatic rings. The summed E-state index contributed by atoms with van der Waals surface area (Å²) in [7, 11) is 0. The Kier molecular flexibility index (Phi) is 3.78. The van der Waals surface area contributed by atoms with E-state index in [2.05, 4.69) is 30.7 Å². The Hall–Kier alpha value is -1.36. The molecular formula is C15H19BrN4. The van der Waals surface area contributed by atoms with Crippen molar-refractivity contribution in [2.45, 2.75) is 45.1 Å². The zero-order chi connectivity index (χ0) is 14.1. The minimum absolute atomic E-state index is 0.527. The molecule has 1 aliphatic rings. The van der Waals surface area contributed by atoms with E-state index in [1.165, 1.54) is 32.1 Å². The molecular weight excluding hydrogens is 316 g/mol. The lowest BCUT2D eigenvalue weighted by Crippen LogP contribution is -2.15. The Morgan fingerprint density at radius 3 is 2.65 bits per heavy atom. The summed E-state index contributed by atoms with van der Waals surface area (Å²) in [5.41, 5.74) is 7.76. The highest BCUT2D eigenvalue weighted by Crippen LogP contribution is 2.34. The predicted octanol–water partition coefficient (Wildman–Crippen LogP) is 4.10. The number of nitrogens with two attached hydrogens (primary N) is 1. The molecule has 1 aromatic heterocycles. The summed E-state index contributed by atoms with van der Waals surface area (Å²) < 4.78 is 3.21. The second-order valence-corrected chi connectivity index (χ2v) is 6.32. The topological polar surface area (TPSA) is 56.7 Å². The third-order valence-electron chi connectivity index (χ3n) is 4.06. The van der Waals surface area contributed by atoms with Crippen molar-refractivity contribution >= 4 is 21.6 Å². The number of nitrogen functional groups attached to an aromatic ring is 1. The van der Waals surface area contributed by atoms with Crippen molar-refractivity contribution in [1.29, 1.82) is 0 Å². The molecule has 0 radical (unpaired) electrons. The highest BCUT2D eigenvalue weighted by atomic mass is 79.9. The summed E-state index contributed by atoms with van der Waals surface area (Å²) in [6.45, 7) is 2.04. The van der Waals surface area contributed by atoms with Crippen molar-refractivity contribution in [3.63, 3.8) is 0 Å². The Labute approximate surface area is 127 Å². The molecule has 0 unspecified atom stereocenters. The molecule has 2 N–H and O–H groups in total. The number of hydrogen-bond acceptors (Lipinski definition) is 3. The molecule has 1 aromatic carbocycles. The number of nitrogens with zero attached hydrogens (tertiary/aromatic N) is 3. The van der Waals surface area contributed by atoms with Gasteiger partial charge in [-0.3, -0.25) is 0 Å². The van der Waals surface area contributed by atoms with Crippen LogP contribution in [-0.2, 0) is 0 Å². The lowest BCUT2D eigenvalue weighted by molar-refractivity contribution is 0.350. The molecule has 4 nitrogen and oxygen atoms in total. The van der Waals surface area contributed by atoms with Crippen molar-refractivity contribution in [3.05, 3.63) is 28.5 Å². The van der Waals surface area contributed by atoms with Gasteiger partial charge in [0.05, 0.1) is 0 Å². The molecule has 0 saturated heterocycles. The van der Waals surface area contributed by atoms with E-state index in [-0.39, 0.29) is 0 Å². The molecule has 1 heterocycles. The van der Waals surface area contributed by atoms with Crippen LogP contribution in [0, 0.1) is 6.92 Å². The Bertz CT molecular complexity index is 614. The zero-order valence-corrected chi connectivity index (χ0v) is 13.2. The van der Waals surface area contributed by atoms with Gasteiger partial charge in [0, 0.05) is 21.8 Å². The van der Waals surface area contributed by atoms with Gasteiger partial charge < -0.3 is 10.3 Å². The van der Waals surface area contributed by atoms with E-state index in [0.717, 1.165) is 27.4 Å². The summed E-state index contributed by atoms with van der Waals surface area (Å²) in [4.78, 5) is 0. The molecule has 1 saturated carbocycles. The maximum absolute atomic E-state index is 5.99. The zero-order valence-electron chi connectivity index (χ0n) is 11.6. The highest BCUT2D eigenvalue weighted by molar-refractivity contribution is 9.10. The van der Waals surface area contributed by atoms with Gasteiger partial charge in [-0.05, 0) is 53.9 Å². The van der Waals surface area contributed by atoms with E-state index < -0.39 is 0 Å². The maximum Gasteiger partial charge on any atom is 0.164 e. The maximum atomic E-state index is 5.99. The van der Waals surface area contributed by atoms with Crippen molar-refractivity contribution in [3.8, 4) is 11.4 Å². The standard InChI is InChI=1S/C15H19BrN4/c1-10-18-19-15(11-7-8-13(16)14(17)9-11)20(10)12-5-3-2-4-6-12/h7-9,12H,2-6,17H2,1H3. The molecule has 20 heavy (non-hydrogen) atoms. The lowest BCUT2D eigenvalue weighted by atomic mass is 9.95. The summed E-state index contributed by atoms with van der Waals surface area (Å²) in [5, 5.41) is 8.65. The van der Waals surface area contributed by atoms with E-state index in [9.17, 15) is 0 Å². The second kappa shape index (κ2) is 5.56. The largest absolute Gasteiger partial charge is 0.398 e. The molecule has 1 fully saturated rings. The fraction of sp³-hybridized carbons (Fsp3) is 0.467. The van der Waals surface area contributed by atoms with Gasteiger partial charge in [-0.15, -0.1) is 10.2 Å². The SMILES string of the molecule is Cc1nnc(-c2ccc(Br)c(N)c2)n1C1CCCCC1. The fourth-order valence-electron chi connectivity index (χ4n) is 3.03. The first kappa shape index (κ1) is 13.6. The van der Waals surface area contributed by atoms with Crippen LogP contribution in [0.2, 0.25) is 0 Å². The molecule has 0 aliphatic heterocycles. The molecule has 0 amide bonds. The summed E-state index contributed by atoms with van der Waals surface area (Å²) in [5.74, 6) is 1.93. The Morgan fingerprint density at radius 2 is 1.95 bits per heavy atom. The quantitative estimate of drug-likeness (QED) is 0.841. The highest BCUT2D eigenvalue weighted by Gasteiger charge is 2.21. The lowest BCUT2D eigenvalue weighted by Gasteiger charge is -2.25. The minimum atomic E-state index is 0.527. The number of halogens is 1. The van der Waals surface area contributed by atoms with Crippen LogP contribution in [0.15, 0.2) is 22.7 Å². The van der Waals surface area contributed by atoms with Crippen molar-refractivity contribution < 1.29 is 0 Å². The van der Waals surface area contributed by atoms with Crippen LogP contribution in [0.25, 0.3) is 11.4 Å². The second-order valence-electron chi connectivity index (χ2n) is 5.47. The van der Waals surface area contributed by atoms with Crippen LogP contribution in [-0.4, -0.2) is 14.8 Å². The Balaban J connectivity index is 2.03. The van der Waals surface area contributed by atoms with Gasteiger partial charge in [0.1, 0.15) is 5.82 Å². The first-order valence-corrected chi connectivity index (χ1v) is 7.93. The molecule has 1 aliphatic carbocycles. The fourth-order valence-corrected chi connectivity index (χ4v) is 3.27. The monoisotopic (exact) mass is 334 g/mol. The van der Waals surface area contributed by atoms with Crippen molar-refractivity contribution in [2.75, 3.05) is 5.73 Å². The van der Waals surface area contributed by atoms with Crippen LogP contribution in [0.1, 0.15) is 44.0 Å². The van der Waals surface area contributed by atoms with E-state index in [1.807, 2.05) is 25.1 Å². The average molecular weight is 335 g/mol. The van der Waals surface area contributed by atoms with Gasteiger partial charge in [0.15, 0.2) is 5.82 Å². The van der Waals surface area contributed by atoms with Crippen LogP contribution in [0.4, 0.5) is 5.69 Å². The number of aromatic nitrogens is 3. The van der Waals surface area contributed by atoms with Gasteiger partial charge in [-0.2, -0.15) is 0 Å². The van der Waals surface area contributed by atoms with Gasteiger partial charge in [-0.1, -0.05) is 19.3 Å². The predicted molar refractivity (Wildman–Crippen MR) is 84.4 cm³/mol. The summed E-state index contributed by atoms with van der Waals surface area (Å²) >= 11 is 3.43. The van der Waals surface area contributed by atoms with Crippen LogP contribution < -0.4 is 5.73 Å². The minimum Gasteiger partial charge on any atom is -0.398 e. The number of rotatable bonds is 2. The van der Waals surface area contributed by atoms with E-state index in [0.29, 0.717) is 6.04 Å². The molecule has 3 rings (SSSR count). The molecule has 5 heteroatoms. The van der Waals surface area contributed by atoms with E-state index in [1.54, 1.807) is 0 Å². The Morgan fingerprint density at radius 1 is 1.20 bits per heavy atom. The first-order chi connectivity index (χ1) is 9.66. The third-order valence-corrected chi connectivity index (χ3v) is 4.78.